The summed E-state index contributed by atoms with van der Waals surface area (Å²) in [6.07, 6.45) is -4.34. The van der Waals surface area contributed by atoms with Crippen molar-refractivity contribution in [1.29, 1.82) is 0 Å². The lowest BCUT2D eigenvalue weighted by atomic mass is 10.0. The Labute approximate surface area is 143 Å². The van der Waals surface area contributed by atoms with Gasteiger partial charge in [-0.15, -0.1) is 0 Å². The van der Waals surface area contributed by atoms with Gasteiger partial charge in [-0.3, -0.25) is 0 Å². The fourth-order valence-electron chi connectivity index (χ4n) is 2.01. The molecule has 0 aliphatic heterocycles. The molecule has 3 nitrogen and oxygen atoms in total. The summed E-state index contributed by atoms with van der Waals surface area (Å²) >= 11 is 0. The summed E-state index contributed by atoms with van der Waals surface area (Å²) in [5, 5.41) is 0. The van der Waals surface area contributed by atoms with Gasteiger partial charge in [-0.25, -0.2) is 4.79 Å². The van der Waals surface area contributed by atoms with Crippen molar-refractivity contribution in [3.63, 3.8) is 0 Å². The van der Waals surface area contributed by atoms with E-state index in [0.29, 0.717) is 16.9 Å². The monoisotopic (exact) mass is 350 g/mol. The molecule has 2 rings (SSSR count). The van der Waals surface area contributed by atoms with E-state index in [1.807, 2.05) is 0 Å². The van der Waals surface area contributed by atoms with Crippen LogP contribution in [0.3, 0.4) is 0 Å². The molecule has 0 heterocycles. The SMILES string of the molecule is C=C(C)C(=O)OCCOc1ccc(-c2ccc(C(F)(F)F)cc2)cc1. The molecule has 0 saturated heterocycles. The first kappa shape index (κ1) is 18.6. The number of benzene rings is 2. The van der Waals surface area contributed by atoms with Crippen LogP contribution in [-0.2, 0) is 15.7 Å². The lowest BCUT2D eigenvalue weighted by Gasteiger charge is -2.09. The molecule has 0 fully saturated rings. The second-order valence-electron chi connectivity index (χ2n) is 5.36. The molecule has 0 aliphatic carbocycles. The summed E-state index contributed by atoms with van der Waals surface area (Å²) < 4.78 is 48.0. The first-order valence-corrected chi connectivity index (χ1v) is 7.50. The number of ether oxygens (including phenoxy) is 2. The van der Waals surface area contributed by atoms with Gasteiger partial charge in [0.15, 0.2) is 0 Å². The van der Waals surface area contributed by atoms with E-state index in [1.165, 1.54) is 12.1 Å². The summed E-state index contributed by atoms with van der Waals surface area (Å²) in [4.78, 5) is 11.2. The van der Waals surface area contributed by atoms with Gasteiger partial charge in [-0.05, 0) is 42.3 Å². The number of hydrogen-bond acceptors (Lipinski definition) is 3. The van der Waals surface area contributed by atoms with Gasteiger partial charge in [0.05, 0.1) is 5.56 Å². The second kappa shape index (κ2) is 7.88. The van der Waals surface area contributed by atoms with Gasteiger partial charge < -0.3 is 9.47 Å². The van der Waals surface area contributed by atoms with E-state index < -0.39 is 17.7 Å². The van der Waals surface area contributed by atoms with Crippen LogP contribution in [0, 0.1) is 0 Å². The maximum absolute atomic E-state index is 12.6. The lowest BCUT2D eigenvalue weighted by Crippen LogP contribution is -2.12. The van der Waals surface area contributed by atoms with E-state index in [-0.39, 0.29) is 13.2 Å². The van der Waals surface area contributed by atoms with Crippen LogP contribution in [0.25, 0.3) is 11.1 Å². The third-order valence-corrected chi connectivity index (χ3v) is 3.33. The molecule has 0 atom stereocenters. The van der Waals surface area contributed by atoms with E-state index in [2.05, 4.69) is 6.58 Å². The van der Waals surface area contributed by atoms with Crippen molar-refractivity contribution in [3.05, 3.63) is 66.2 Å². The lowest BCUT2D eigenvalue weighted by molar-refractivity contribution is -0.139. The van der Waals surface area contributed by atoms with Crippen LogP contribution in [-0.4, -0.2) is 19.2 Å². The third-order valence-electron chi connectivity index (χ3n) is 3.33. The minimum Gasteiger partial charge on any atom is -0.490 e. The zero-order valence-corrected chi connectivity index (χ0v) is 13.6. The molecule has 6 heteroatoms. The summed E-state index contributed by atoms with van der Waals surface area (Å²) in [5.41, 5.74) is 1.09. The molecule has 0 N–H and O–H groups in total. The number of rotatable bonds is 6. The van der Waals surface area contributed by atoms with Crippen LogP contribution >= 0.6 is 0 Å². The van der Waals surface area contributed by atoms with E-state index in [0.717, 1.165) is 17.7 Å². The van der Waals surface area contributed by atoms with Crippen LogP contribution in [0.15, 0.2) is 60.7 Å². The van der Waals surface area contributed by atoms with Gasteiger partial charge in [-0.1, -0.05) is 30.8 Å². The Morgan fingerprint density at radius 2 is 1.48 bits per heavy atom. The quantitative estimate of drug-likeness (QED) is 0.424. The van der Waals surface area contributed by atoms with Crippen LogP contribution in [0.4, 0.5) is 13.2 Å². The Morgan fingerprint density at radius 3 is 1.96 bits per heavy atom. The summed E-state index contributed by atoms with van der Waals surface area (Å²) in [6, 6.07) is 11.9. The van der Waals surface area contributed by atoms with Gasteiger partial charge in [0, 0.05) is 5.57 Å². The molecule has 0 amide bonds. The fourth-order valence-corrected chi connectivity index (χ4v) is 2.01. The highest BCUT2D eigenvalue weighted by molar-refractivity contribution is 5.86. The van der Waals surface area contributed by atoms with E-state index >= 15 is 0 Å². The maximum atomic E-state index is 12.6. The molecule has 2 aromatic rings. The van der Waals surface area contributed by atoms with Gasteiger partial charge in [0.1, 0.15) is 19.0 Å². The molecule has 0 aromatic heterocycles. The van der Waals surface area contributed by atoms with Crippen molar-refractivity contribution in [1.82, 2.24) is 0 Å². The number of alkyl halides is 3. The number of hydrogen-bond donors (Lipinski definition) is 0. The van der Waals surface area contributed by atoms with Gasteiger partial charge in [0.25, 0.3) is 0 Å². The molecule has 0 aliphatic rings. The van der Waals surface area contributed by atoms with Crippen LogP contribution in [0.5, 0.6) is 5.75 Å². The van der Waals surface area contributed by atoms with Crippen LogP contribution in [0.1, 0.15) is 12.5 Å². The van der Waals surface area contributed by atoms with Crippen molar-refractivity contribution in [2.45, 2.75) is 13.1 Å². The highest BCUT2D eigenvalue weighted by Gasteiger charge is 2.29. The minimum atomic E-state index is -4.34. The number of halogens is 3. The normalized spacial score (nSPS) is 11.0. The Hall–Kier alpha value is -2.76. The van der Waals surface area contributed by atoms with Gasteiger partial charge >= 0.3 is 12.1 Å². The molecular formula is C19H17F3O3. The second-order valence-corrected chi connectivity index (χ2v) is 5.36. The Bertz CT molecular complexity index is 732. The van der Waals surface area contributed by atoms with Gasteiger partial charge in [0.2, 0.25) is 0 Å². The Kier molecular flexibility index (Phi) is 5.85. The molecule has 0 radical (unpaired) electrons. The van der Waals surface area contributed by atoms with Crippen LogP contribution < -0.4 is 4.74 Å². The zero-order chi connectivity index (χ0) is 18.4. The molecular weight excluding hydrogens is 333 g/mol. The maximum Gasteiger partial charge on any atom is 0.416 e. The van der Waals surface area contributed by atoms with E-state index in [9.17, 15) is 18.0 Å². The molecule has 2 aromatic carbocycles. The van der Waals surface area contributed by atoms with Gasteiger partial charge in [-0.2, -0.15) is 13.2 Å². The number of carbonyl (C=O) groups is 1. The third kappa shape index (κ3) is 5.38. The molecule has 25 heavy (non-hydrogen) atoms. The molecule has 0 bridgehead atoms. The number of carbonyl (C=O) groups excluding carboxylic acids is 1. The van der Waals surface area contributed by atoms with E-state index in [4.69, 9.17) is 9.47 Å². The summed E-state index contributed by atoms with van der Waals surface area (Å²) in [7, 11) is 0. The molecule has 0 spiro atoms. The first-order valence-electron chi connectivity index (χ1n) is 7.50. The minimum absolute atomic E-state index is 0.104. The summed E-state index contributed by atoms with van der Waals surface area (Å²) in [6.45, 7) is 5.33. The van der Waals surface area contributed by atoms with Crippen molar-refractivity contribution < 1.29 is 27.4 Å². The predicted molar refractivity (Wildman–Crippen MR) is 88.1 cm³/mol. The Balaban J connectivity index is 1.91. The average molecular weight is 350 g/mol. The van der Waals surface area contributed by atoms with Crippen molar-refractivity contribution in [2.75, 3.05) is 13.2 Å². The largest absolute Gasteiger partial charge is 0.490 e. The van der Waals surface area contributed by atoms with E-state index in [1.54, 1.807) is 31.2 Å². The molecule has 132 valence electrons. The van der Waals surface area contributed by atoms with Crippen molar-refractivity contribution in [3.8, 4) is 16.9 Å². The first-order chi connectivity index (χ1) is 11.8. The number of esters is 1. The molecule has 0 saturated carbocycles. The topological polar surface area (TPSA) is 35.5 Å². The highest BCUT2D eigenvalue weighted by Crippen LogP contribution is 2.31. The highest BCUT2D eigenvalue weighted by atomic mass is 19.4. The smallest absolute Gasteiger partial charge is 0.416 e. The predicted octanol–water partition coefficient (Wildman–Crippen LogP) is 4.87. The standard InChI is InChI=1S/C19H17F3O3/c1-13(2)18(23)25-12-11-24-17-9-5-15(6-10-17)14-3-7-16(8-4-14)19(20,21)22/h3-10H,1,11-12H2,2H3. The fraction of sp³-hybridized carbons (Fsp3) is 0.211. The summed E-state index contributed by atoms with van der Waals surface area (Å²) in [5.74, 6) is 0.100. The van der Waals surface area contributed by atoms with Crippen molar-refractivity contribution in [2.24, 2.45) is 0 Å². The molecule has 0 unspecified atom stereocenters. The zero-order valence-electron chi connectivity index (χ0n) is 13.6. The Morgan fingerprint density at radius 1 is 0.960 bits per heavy atom. The average Bonchev–Trinajstić information content (AvgIpc) is 2.58. The van der Waals surface area contributed by atoms with Crippen LogP contribution in [0.2, 0.25) is 0 Å². The van der Waals surface area contributed by atoms with Crippen molar-refractivity contribution >= 4 is 5.97 Å².